The molecule has 3 atom stereocenters. The van der Waals surface area contributed by atoms with Crippen LogP contribution in [0.4, 0.5) is 4.79 Å². The van der Waals surface area contributed by atoms with Crippen LogP contribution >= 0.6 is 8.03 Å². The van der Waals surface area contributed by atoms with Crippen LogP contribution in [-0.2, 0) is 36.4 Å². The number of ether oxygens (including phenoxy) is 1. The molecule has 2 aromatic rings. The van der Waals surface area contributed by atoms with E-state index in [9.17, 15) is 24.1 Å². The Morgan fingerprint density at radius 1 is 0.946 bits per heavy atom. The molecule has 0 fully saturated rings. The molecule has 0 aromatic heterocycles. The zero-order valence-electron chi connectivity index (χ0n) is 21.3. The van der Waals surface area contributed by atoms with E-state index < -0.39 is 32.0 Å². The van der Waals surface area contributed by atoms with Gasteiger partial charge in [0.15, 0.2) is 0 Å². The number of alkyl carbamates (subject to hydrolysis) is 1. The molecular formula is C27H36N2O7P+. The van der Waals surface area contributed by atoms with Crippen molar-refractivity contribution in [1.29, 1.82) is 0 Å². The van der Waals surface area contributed by atoms with Crippen LogP contribution < -0.4 is 10.6 Å². The van der Waals surface area contributed by atoms with Gasteiger partial charge in [0.05, 0.1) is 0 Å². The van der Waals surface area contributed by atoms with Gasteiger partial charge < -0.3 is 20.5 Å². The maximum absolute atomic E-state index is 12.9. The molecule has 3 N–H and O–H groups in total. The number of carbonyl (C=O) groups is 3. The van der Waals surface area contributed by atoms with Crippen molar-refractivity contribution < 1.29 is 33.3 Å². The fourth-order valence-corrected chi connectivity index (χ4v) is 4.75. The summed E-state index contributed by atoms with van der Waals surface area (Å²) >= 11 is 0. The van der Waals surface area contributed by atoms with Gasteiger partial charge in [-0.05, 0) is 41.4 Å². The van der Waals surface area contributed by atoms with E-state index >= 15 is 0 Å². The molecule has 200 valence electrons. The molecule has 2 amide bonds. The average Bonchev–Trinajstić information content (AvgIpc) is 2.89. The minimum absolute atomic E-state index is 0.115. The van der Waals surface area contributed by atoms with E-state index in [2.05, 4.69) is 10.6 Å². The summed E-state index contributed by atoms with van der Waals surface area (Å²) < 4.78 is 23.4. The number of carboxylic acid groups (broad SMARTS) is 1. The summed E-state index contributed by atoms with van der Waals surface area (Å²) in [4.78, 5) is 35.9. The maximum atomic E-state index is 12.9. The van der Waals surface area contributed by atoms with Crippen molar-refractivity contribution in [3.05, 3.63) is 71.8 Å². The van der Waals surface area contributed by atoms with Gasteiger partial charge in [-0.1, -0.05) is 74.5 Å². The predicted molar refractivity (Wildman–Crippen MR) is 140 cm³/mol. The van der Waals surface area contributed by atoms with Crippen LogP contribution in [0, 0.1) is 5.92 Å². The fraction of sp³-hybridized carbons (Fsp3) is 0.444. The Morgan fingerprint density at radius 3 is 2.16 bits per heavy atom. The van der Waals surface area contributed by atoms with Gasteiger partial charge in [0.25, 0.3) is 5.78 Å². The van der Waals surface area contributed by atoms with Gasteiger partial charge in [0, 0.05) is 18.9 Å². The summed E-state index contributed by atoms with van der Waals surface area (Å²) in [5, 5.41) is 14.9. The van der Waals surface area contributed by atoms with Crippen LogP contribution in [0.1, 0.15) is 50.7 Å². The van der Waals surface area contributed by atoms with Crippen LogP contribution in [0.25, 0.3) is 0 Å². The highest BCUT2D eigenvalue weighted by molar-refractivity contribution is 7.40. The maximum Gasteiger partial charge on any atom is 0.534 e. The lowest BCUT2D eigenvalue weighted by Crippen LogP contribution is -2.37. The Hall–Kier alpha value is -3.29. The van der Waals surface area contributed by atoms with E-state index in [1.807, 2.05) is 60.7 Å². The number of aryl methyl sites for hydroxylation is 1. The largest absolute Gasteiger partial charge is 0.534 e. The molecule has 0 saturated heterocycles. The third-order valence-electron chi connectivity index (χ3n) is 5.53. The molecule has 0 aliphatic heterocycles. The van der Waals surface area contributed by atoms with Gasteiger partial charge in [-0.25, -0.2) is 9.59 Å². The number of carboxylic acids is 1. The quantitative estimate of drug-likeness (QED) is 0.205. The van der Waals surface area contributed by atoms with Gasteiger partial charge >= 0.3 is 20.1 Å². The topological polar surface area (TPSA) is 131 Å². The Morgan fingerprint density at radius 2 is 1.57 bits per heavy atom. The van der Waals surface area contributed by atoms with Crippen LogP contribution in [0.3, 0.4) is 0 Å². The van der Waals surface area contributed by atoms with Crippen molar-refractivity contribution in [2.75, 3.05) is 6.54 Å². The summed E-state index contributed by atoms with van der Waals surface area (Å²) in [6, 6.07) is 18.8. The van der Waals surface area contributed by atoms with Gasteiger partial charge in [0.1, 0.15) is 6.61 Å². The van der Waals surface area contributed by atoms with E-state index in [-0.39, 0.29) is 31.3 Å². The highest BCUT2D eigenvalue weighted by Gasteiger charge is 2.41. The summed E-state index contributed by atoms with van der Waals surface area (Å²) in [5.74, 6) is -2.52. The Kier molecular flexibility index (Phi) is 13.3. The second-order valence-electron chi connectivity index (χ2n) is 8.94. The van der Waals surface area contributed by atoms with E-state index in [1.54, 1.807) is 13.8 Å². The predicted octanol–water partition coefficient (Wildman–Crippen LogP) is 5.03. The first-order valence-corrected chi connectivity index (χ1v) is 13.6. The minimum atomic E-state index is -2.47. The van der Waals surface area contributed by atoms with Crippen LogP contribution in [-0.4, -0.2) is 41.5 Å². The summed E-state index contributed by atoms with van der Waals surface area (Å²) in [7, 11) is -2.47. The molecule has 0 spiro atoms. The SMILES string of the molecule is CC(C)C(NC(=O)CCc1ccccc1)[P+](=O)OC(CCCCNC(=O)OCc1ccccc1)C(=O)O. The molecule has 0 aliphatic carbocycles. The number of nitrogens with one attached hydrogen (secondary N) is 2. The van der Waals surface area contributed by atoms with E-state index in [1.165, 1.54) is 0 Å². The number of aliphatic carboxylic acids is 1. The average molecular weight is 532 g/mol. The first-order valence-electron chi connectivity index (χ1n) is 12.4. The van der Waals surface area contributed by atoms with E-state index in [0.29, 0.717) is 25.8 Å². The molecule has 0 bridgehead atoms. The second-order valence-corrected chi connectivity index (χ2v) is 10.3. The van der Waals surface area contributed by atoms with Crippen LogP contribution in [0.5, 0.6) is 0 Å². The fourth-order valence-electron chi connectivity index (χ4n) is 3.43. The van der Waals surface area contributed by atoms with Crippen molar-refractivity contribution in [3.8, 4) is 0 Å². The van der Waals surface area contributed by atoms with Crippen molar-refractivity contribution in [2.24, 2.45) is 5.92 Å². The third kappa shape index (κ3) is 12.0. The highest BCUT2D eigenvalue weighted by Crippen LogP contribution is 2.35. The lowest BCUT2D eigenvalue weighted by Gasteiger charge is -2.14. The first-order chi connectivity index (χ1) is 17.8. The number of unbranched alkanes of at least 4 members (excludes halogenated alkanes) is 1. The molecule has 0 saturated carbocycles. The minimum Gasteiger partial charge on any atom is -0.479 e. The number of amides is 2. The summed E-state index contributed by atoms with van der Waals surface area (Å²) in [5.41, 5.74) is 1.89. The van der Waals surface area contributed by atoms with Gasteiger partial charge in [-0.3, -0.25) is 4.79 Å². The molecule has 2 aromatic carbocycles. The molecule has 0 aliphatic rings. The molecule has 0 radical (unpaired) electrons. The summed E-state index contributed by atoms with van der Waals surface area (Å²) in [6.45, 7) is 4.04. The molecule has 9 nitrogen and oxygen atoms in total. The molecular weight excluding hydrogens is 495 g/mol. The highest BCUT2D eigenvalue weighted by atomic mass is 31.1. The van der Waals surface area contributed by atoms with Crippen LogP contribution in [0.2, 0.25) is 0 Å². The zero-order chi connectivity index (χ0) is 27.0. The molecule has 3 unspecified atom stereocenters. The number of hydrogen-bond donors (Lipinski definition) is 3. The standard InChI is InChI=1S/C27H35N2O7P/c1-20(2)25(29-24(30)17-16-21-11-5-3-6-12-21)37(34)36-23(26(31)32)15-9-10-18-28-27(33)35-19-22-13-7-4-8-14-22/h3-8,11-14,20,23,25H,9-10,15-19H2,1-2H3,(H2-,28,29,30,31,32,33)/p+1. The van der Waals surface area contributed by atoms with Gasteiger partial charge in [-0.2, -0.15) is 0 Å². The van der Waals surface area contributed by atoms with E-state index in [0.717, 1.165) is 11.1 Å². The van der Waals surface area contributed by atoms with Gasteiger partial charge in [-0.15, -0.1) is 4.52 Å². The number of hydrogen-bond acceptors (Lipinski definition) is 6. The lowest BCUT2D eigenvalue weighted by atomic mass is 10.1. The molecule has 0 heterocycles. The van der Waals surface area contributed by atoms with Crippen molar-refractivity contribution in [2.45, 2.75) is 64.4 Å². The smallest absolute Gasteiger partial charge is 0.479 e. The Bertz CT molecular complexity index is 1000. The molecule has 10 heteroatoms. The monoisotopic (exact) mass is 531 g/mol. The summed E-state index contributed by atoms with van der Waals surface area (Å²) in [6.07, 6.45) is -0.0374. The number of carbonyl (C=O) groups excluding carboxylic acids is 2. The van der Waals surface area contributed by atoms with Crippen molar-refractivity contribution >= 4 is 26.0 Å². The Balaban J connectivity index is 1.72. The Labute approximate surface area is 218 Å². The normalized spacial score (nSPS) is 12.9. The molecule has 2 rings (SSSR count). The first kappa shape index (κ1) is 29.9. The number of rotatable bonds is 16. The third-order valence-corrected chi connectivity index (χ3v) is 7.17. The van der Waals surface area contributed by atoms with Crippen molar-refractivity contribution in [3.63, 3.8) is 0 Å². The second kappa shape index (κ2) is 16.5. The van der Waals surface area contributed by atoms with E-state index in [4.69, 9.17) is 9.26 Å². The van der Waals surface area contributed by atoms with Gasteiger partial charge in [0.2, 0.25) is 12.0 Å². The zero-order valence-corrected chi connectivity index (χ0v) is 22.2. The van der Waals surface area contributed by atoms with Crippen LogP contribution in [0.15, 0.2) is 60.7 Å². The lowest BCUT2D eigenvalue weighted by molar-refractivity contribution is -0.145. The van der Waals surface area contributed by atoms with Crippen molar-refractivity contribution in [1.82, 2.24) is 10.6 Å². The molecule has 37 heavy (non-hydrogen) atoms. The number of benzene rings is 2.